The molecule has 0 bridgehead atoms. The van der Waals surface area contributed by atoms with E-state index in [1.165, 1.54) is 6.92 Å². The van der Waals surface area contributed by atoms with Gasteiger partial charge in [-0.1, -0.05) is 18.6 Å². The molecule has 0 saturated heterocycles. The van der Waals surface area contributed by atoms with Gasteiger partial charge < -0.3 is 35.1 Å². The highest BCUT2D eigenvalue weighted by Gasteiger charge is 2.29. The van der Waals surface area contributed by atoms with Crippen LogP contribution in [0.15, 0.2) is 58.1 Å². The molecule has 4 aromatic rings. The van der Waals surface area contributed by atoms with Crippen molar-refractivity contribution in [3.63, 3.8) is 0 Å². The summed E-state index contributed by atoms with van der Waals surface area (Å²) < 4.78 is 17.1. The van der Waals surface area contributed by atoms with E-state index in [1.54, 1.807) is 45.6 Å². The molecule has 11 heteroatoms. The molecule has 0 radical (unpaired) electrons. The van der Waals surface area contributed by atoms with Gasteiger partial charge in [0.05, 0.1) is 38.6 Å². The molecule has 2 amide bonds. The summed E-state index contributed by atoms with van der Waals surface area (Å²) in [7, 11) is 4.69. The Morgan fingerprint density at radius 3 is 2.44 bits per heavy atom. The molecule has 1 heterocycles. The average Bonchev–Trinajstić information content (AvgIpc) is 3.29. The third-order valence-electron chi connectivity index (χ3n) is 8.65. The molecular formula is C37H42N4O7. The van der Waals surface area contributed by atoms with Crippen molar-refractivity contribution in [3.8, 4) is 28.4 Å². The van der Waals surface area contributed by atoms with Crippen LogP contribution in [0.4, 0.5) is 11.4 Å². The summed E-state index contributed by atoms with van der Waals surface area (Å²) in [5.41, 5.74) is 5.48. The summed E-state index contributed by atoms with van der Waals surface area (Å²) in [5.74, 6) is 1.20. The van der Waals surface area contributed by atoms with E-state index in [4.69, 9.17) is 14.2 Å². The number of unbranched alkanes of at least 4 members (excludes halogenated alkanes) is 2. The minimum Gasteiger partial charge on any atom is -0.493 e. The van der Waals surface area contributed by atoms with Crippen LogP contribution in [-0.2, 0) is 16.0 Å². The largest absolute Gasteiger partial charge is 0.493 e. The Balaban J connectivity index is 1.26. The number of hydrogen-bond donors (Lipinski definition) is 4. The summed E-state index contributed by atoms with van der Waals surface area (Å²) in [4.78, 5) is 52.9. The first-order valence-electron chi connectivity index (χ1n) is 16.1. The Hall–Kier alpha value is -5.32. The van der Waals surface area contributed by atoms with Gasteiger partial charge in [-0.2, -0.15) is 0 Å². The van der Waals surface area contributed by atoms with Crippen molar-refractivity contribution in [2.45, 2.75) is 58.4 Å². The van der Waals surface area contributed by atoms with E-state index in [1.807, 2.05) is 31.2 Å². The first-order chi connectivity index (χ1) is 23.1. The van der Waals surface area contributed by atoms with Crippen LogP contribution < -0.4 is 41.1 Å². The second-order valence-corrected chi connectivity index (χ2v) is 12.0. The van der Waals surface area contributed by atoms with Gasteiger partial charge in [0.2, 0.25) is 28.6 Å². The predicted octanol–water partition coefficient (Wildman–Crippen LogP) is 5.62. The normalized spacial score (nSPS) is 13.5. The van der Waals surface area contributed by atoms with Crippen LogP contribution in [0.5, 0.6) is 17.2 Å². The first-order valence-corrected chi connectivity index (χ1v) is 16.1. The quantitative estimate of drug-likeness (QED) is 0.144. The van der Waals surface area contributed by atoms with Crippen LogP contribution in [0.25, 0.3) is 22.0 Å². The number of anilines is 2. The second-order valence-electron chi connectivity index (χ2n) is 12.0. The highest BCUT2D eigenvalue weighted by Crippen LogP contribution is 2.50. The van der Waals surface area contributed by atoms with Crippen LogP contribution in [0.2, 0.25) is 0 Å². The number of nitrogens with one attached hydrogen (secondary N) is 4. The van der Waals surface area contributed by atoms with Gasteiger partial charge in [-0.3, -0.25) is 19.2 Å². The lowest BCUT2D eigenvalue weighted by molar-refractivity contribution is -0.119. The molecule has 0 saturated carbocycles. The number of carbonyl (C=O) groups is 2. The molecule has 1 aliphatic carbocycles. The van der Waals surface area contributed by atoms with E-state index >= 15 is 0 Å². The Morgan fingerprint density at radius 2 is 1.71 bits per heavy atom. The van der Waals surface area contributed by atoms with Crippen LogP contribution in [0.1, 0.15) is 61.8 Å². The highest BCUT2D eigenvalue weighted by molar-refractivity contribution is 5.94. The number of benzene rings is 2. The third-order valence-corrected chi connectivity index (χ3v) is 8.65. The zero-order chi connectivity index (χ0) is 34.4. The van der Waals surface area contributed by atoms with Crippen molar-refractivity contribution in [3.05, 3.63) is 85.8 Å². The molecule has 0 aliphatic heterocycles. The number of carbonyl (C=O) groups excluding carboxylic acids is 2. The predicted molar refractivity (Wildman–Crippen MR) is 188 cm³/mol. The van der Waals surface area contributed by atoms with E-state index in [0.29, 0.717) is 71.9 Å². The monoisotopic (exact) mass is 654 g/mol. The van der Waals surface area contributed by atoms with Crippen molar-refractivity contribution in [1.82, 2.24) is 10.3 Å². The fourth-order valence-electron chi connectivity index (χ4n) is 6.40. The maximum atomic E-state index is 13.5. The molecule has 48 heavy (non-hydrogen) atoms. The third kappa shape index (κ3) is 7.46. The maximum absolute atomic E-state index is 13.5. The molecule has 0 fully saturated rings. The highest BCUT2D eigenvalue weighted by atomic mass is 16.5. The van der Waals surface area contributed by atoms with Gasteiger partial charge in [-0.05, 0) is 85.2 Å². The first kappa shape index (κ1) is 34.0. The number of fused-ring (bicyclic) bond motifs is 4. The molecule has 3 aromatic carbocycles. The van der Waals surface area contributed by atoms with E-state index in [2.05, 4.69) is 20.9 Å². The Bertz CT molecular complexity index is 1970. The molecule has 1 aliphatic rings. The minimum atomic E-state index is -0.383. The molecule has 5 rings (SSSR count). The number of hydrogen-bond acceptors (Lipinski definition) is 8. The molecule has 1 aromatic heterocycles. The number of aryl methyl sites for hydroxylation is 2. The molecule has 4 N–H and O–H groups in total. The molecule has 0 spiro atoms. The number of ether oxygens (including phenoxy) is 3. The second kappa shape index (κ2) is 15.1. The van der Waals surface area contributed by atoms with Gasteiger partial charge in [0.15, 0.2) is 11.5 Å². The van der Waals surface area contributed by atoms with Crippen LogP contribution in [0, 0.1) is 6.92 Å². The van der Waals surface area contributed by atoms with Gasteiger partial charge >= 0.3 is 0 Å². The summed E-state index contributed by atoms with van der Waals surface area (Å²) in [6, 6.07) is 13.8. The van der Waals surface area contributed by atoms with Crippen LogP contribution >= 0.6 is 0 Å². The van der Waals surface area contributed by atoms with Gasteiger partial charge in [0.25, 0.3) is 0 Å². The number of methoxy groups -OCH3 is 3. The van der Waals surface area contributed by atoms with Crippen molar-refractivity contribution in [1.29, 1.82) is 0 Å². The Kier molecular flexibility index (Phi) is 10.7. The number of rotatable bonds is 12. The zero-order valence-corrected chi connectivity index (χ0v) is 28.0. The number of amides is 2. The topological polar surface area (TPSA) is 148 Å². The Morgan fingerprint density at radius 1 is 0.917 bits per heavy atom. The Labute approximate surface area is 279 Å². The zero-order valence-electron chi connectivity index (χ0n) is 28.0. The van der Waals surface area contributed by atoms with Crippen molar-refractivity contribution >= 4 is 34.1 Å². The fourth-order valence-corrected chi connectivity index (χ4v) is 6.40. The lowest BCUT2D eigenvalue weighted by Gasteiger charge is -2.19. The van der Waals surface area contributed by atoms with Crippen molar-refractivity contribution in [2.24, 2.45) is 0 Å². The smallest absolute Gasteiger partial charge is 0.248 e. The fraction of sp³-hybridized carbons (Fsp3) is 0.351. The average molecular weight is 655 g/mol. The summed E-state index contributed by atoms with van der Waals surface area (Å²) in [5, 5.41) is 10.1. The van der Waals surface area contributed by atoms with Crippen LogP contribution in [0.3, 0.4) is 0 Å². The lowest BCUT2D eigenvalue weighted by Crippen LogP contribution is -2.26. The molecule has 1 unspecified atom stereocenters. The van der Waals surface area contributed by atoms with Crippen LogP contribution in [-0.4, -0.2) is 44.7 Å². The molecule has 11 nitrogen and oxygen atoms in total. The maximum Gasteiger partial charge on any atom is 0.248 e. The van der Waals surface area contributed by atoms with Gasteiger partial charge in [-0.25, -0.2) is 0 Å². The number of pyridine rings is 1. The van der Waals surface area contributed by atoms with Crippen molar-refractivity contribution in [2.75, 3.05) is 38.5 Å². The van der Waals surface area contributed by atoms with Gasteiger partial charge in [-0.15, -0.1) is 0 Å². The standard InChI is InChI=1S/C37H42N4O7/c1-21-17-34(45)41-30-19-24(11-12-25(21)30)40-33(44)9-7-6-8-16-38-29-15-13-26-27(20-31(29)43)28(39-22(2)42)14-10-23-18-32(46-3)36(47-4)37(48-5)35(23)26/h11-13,15,17-20,28H,6-10,14,16H2,1-5H3,(H,38,43)(H,39,42)(H,40,44)(H,41,45). The van der Waals surface area contributed by atoms with E-state index in [-0.39, 0.29) is 28.8 Å². The minimum absolute atomic E-state index is 0.102. The number of aromatic nitrogens is 1. The number of H-pyrrole nitrogens is 1. The lowest BCUT2D eigenvalue weighted by atomic mass is 9.95. The molecular weight excluding hydrogens is 612 g/mol. The molecule has 1 atom stereocenters. The van der Waals surface area contributed by atoms with Crippen molar-refractivity contribution < 1.29 is 23.8 Å². The molecule has 252 valence electrons. The van der Waals surface area contributed by atoms with Gasteiger partial charge in [0, 0.05) is 42.6 Å². The van der Waals surface area contributed by atoms with E-state index in [9.17, 15) is 19.2 Å². The number of aromatic amines is 1. The summed E-state index contributed by atoms with van der Waals surface area (Å²) in [6.07, 6.45) is 3.77. The summed E-state index contributed by atoms with van der Waals surface area (Å²) >= 11 is 0. The van der Waals surface area contributed by atoms with E-state index < -0.39 is 0 Å². The van der Waals surface area contributed by atoms with E-state index in [0.717, 1.165) is 40.5 Å². The summed E-state index contributed by atoms with van der Waals surface area (Å²) in [6.45, 7) is 3.89. The SMILES string of the molecule is COc1cc2c(c(OC)c1OC)-c1ccc(NCCCCCC(=O)Nc3ccc4c(C)cc(=O)[nH]c4c3)c(=O)cc1C(NC(C)=O)CC2. The van der Waals surface area contributed by atoms with Gasteiger partial charge in [0.1, 0.15) is 0 Å².